The molecule has 12 rings (SSSR count). The third-order valence-electron chi connectivity index (χ3n) is 11.9. The van der Waals surface area contributed by atoms with E-state index in [1.165, 1.54) is 44.5 Å². The summed E-state index contributed by atoms with van der Waals surface area (Å²) in [4.78, 5) is 10.8. The van der Waals surface area contributed by atoms with Gasteiger partial charge in [0.2, 0.25) is 0 Å². The van der Waals surface area contributed by atoms with Crippen LogP contribution in [0, 0.1) is 0 Å². The van der Waals surface area contributed by atoms with E-state index in [-0.39, 0.29) is 0 Å². The zero-order valence-corrected chi connectivity index (χ0v) is 30.3. The standard InChI is InChI=1S/C53H32N2O/c1-3-15-33(16-4-1)46-32-47(34-17-5-2-6-18-34)55-52(54-46)51-36(29-30-49-50(51)41-22-10-14-26-48(41)56-49)35-27-28-40-39-21-9-13-25-44(39)53(45(40)31-35)42-23-11-7-19-37(42)38-20-8-12-24-43(38)53/h1-32H. The fraction of sp³-hybridized carbons (Fsp3) is 0.0189. The van der Waals surface area contributed by atoms with E-state index in [0.29, 0.717) is 5.82 Å². The maximum atomic E-state index is 6.55. The Morgan fingerprint density at radius 2 is 0.857 bits per heavy atom. The quantitative estimate of drug-likeness (QED) is 0.182. The van der Waals surface area contributed by atoms with Gasteiger partial charge in [-0.15, -0.1) is 0 Å². The molecule has 0 unspecified atom stereocenters. The number of aromatic nitrogens is 2. The molecule has 0 amide bonds. The van der Waals surface area contributed by atoms with Crippen LogP contribution >= 0.6 is 0 Å². The van der Waals surface area contributed by atoms with Crippen LogP contribution in [0.3, 0.4) is 0 Å². The molecule has 3 nitrogen and oxygen atoms in total. The Bertz CT molecular complexity index is 3080. The van der Waals surface area contributed by atoms with Crippen LogP contribution in [-0.2, 0) is 5.41 Å². The minimum atomic E-state index is -0.452. The van der Waals surface area contributed by atoms with Gasteiger partial charge in [0.25, 0.3) is 0 Å². The Hall–Kier alpha value is -7.36. The summed E-state index contributed by atoms with van der Waals surface area (Å²) >= 11 is 0. The molecule has 2 aliphatic rings. The third kappa shape index (κ3) is 4.28. The molecule has 2 heterocycles. The van der Waals surface area contributed by atoms with Gasteiger partial charge in [0, 0.05) is 27.5 Å². The monoisotopic (exact) mass is 712 g/mol. The minimum Gasteiger partial charge on any atom is -0.456 e. The lowest BCUT2D eigenvalue weighted by Crippen LogP contribution is -2.25. The van der Waals surface area contributed by atoms with Gasteiger partial charge in [-0.25, -0.2) is 9.97 Å². The topological polar surface area (TPSA) is 38.9 Å². The Morgan fingerprint density at radius 1 is 0.357 bits per heavy atom. The van der Waals surface area contributed by atoms with Crippen molar-refractivity contribution in [1.82, 2.24) is 9.97 Å². The van der Waals surface area contributed by atoms with Crippen LogP contribution in [0.25, 0.3) is 89.2 Å². The normalized spacial score (nSPS) is 13.1. The van der Waals surface area contributed by atoms with Crippen LogP contribution in [-0.4, -0.2) is 9.97 Å². The van der Waals surface area contributed by atoms with Crippen molar-refractivity contribution in [3.63, 3.8) is 0 Å². The molecule has 3 heteroatoms. The number of nitrogens with zero attached hydrogens (tertiary/aromatic N) is 2. The number of hydrogen-bond acceptors (Lipinski definition) is 3. The van der Waals surface area contributed by atoms with Crippen molar-refractivity contribution >= 4 is 21.9 Å². The molecule has 56 heavy (non-hydrogen) atoms. The number of benzene rings is 8. The molecule has 260 valence electrons. The van der Waals surface area contributed by atoms with Crippen LogP contribution in [0.1, 0.15) is 22.3 Å². The van der Waals surface area contributed by atoms with Crippen molar-refractivity contribution < 1.29 is 4.42 Å². The van der Waals surface area contributed by atoms with Crippen molar-refractivity contribution in [2.75, 3.05) is 0 Å². The van der Waals surface area contributed by atoms with Gasteiger partial charge < -0.3 is 4.42 Å². The Labute approximate surface area is 324 Å². The lowest BCUT2D eigenvalue weighted by Gasteiger charge is -2.30. The maximum Gasteiger partial charge on any atom is 0.161 e. The van der Waals surface area contributed by atoms with Gasteiger partial charge in [-0.3, -0.25) is 0 Å². The first-order valence-corrected chi connectivity index (χ1v) is 19.2. The number of furan rings is 1. The fourth-order valence-electron chi connectivity index (χ4n) is 9.62. The van der Waals surface area contributed by atoms with Gasteiger partial charge in [-0.05, 0) is 86.0 Å². The predicted molar refractivity (Wildman–Crippen MR) is 227 cm³/mol. The minimum absolute atomic E-state index is 0.452. The highest BCUT2D eigenvalue weighted by Gasteiger charge is 2.51. The first kappa shape index (κ1) is 31.0. The van der Waals surface area contributed by atoms with Crippen LogP contribution in [0.15, 0.2) is 199 Å². The molecule has 0 aliphatic heterocycles. The number of para-hydroxylation sites is 1. The van der Waals surface area contributed by atoms with E-state index < -0.39 is 5.41 Å². The molecule has 0 saturated carbocycles. The van der Waals surface area contributed by atoms with Gasteiger partial charge >= 0.3 is 0 Å². The van der Waals surface area contributed by atoms with Crippen molar-refractivity contribution in [2.24, 2.45) is 0 Å². The highest BCUT2D eigenvalue weighted by molar-refractivity contribution is 6.15. The second kappa shape index (κ2) is 11.8. The molecule has 0 atom stereocenters. The summed E-state index contributed by atoms with van der Waals surface area (Å²) in [6.45, 7) is 0. The van der Waals surface area contributed by atoms with E-state index in [9.17, 15) is 0 Å². The van der Waals surface area contributed by atoms with Gasteiger partial charge in [0.15, 0.2) is 5.82 Å². The summed E-state index contributed by atoms with van der Waals surface area (Å²) in [5.74, 6) is 0.660. The summed E-state index contributed by atoms with van der Waals surface area (Å²) in [7, 11) is 0. The lowest BCUT2D eigenvalue weighted by atomic mass is 9.70. The zero-order valence-electron chi connectivity index (χ0n) is 30.3. The summed E-state index contributed by atoms with van der Waals surface area (Å²) in [5.41, 5.74) is 18.5. The Kier molecular flexibility index (Phi) is 6.55. The van der Waals surface area contributed by atoms with Crippen molar-refractivity contribution in [1.29, 1.82) is 0 Å². The van der Waals surface area contributed by atoms with E-state index in [1.54, 1.807) is 0 Å². The molecule has 0 bridgehead atoms. The van der Waals surface area contributed by atoms with E-state index in [2.05, 4.69) is 170 Å². The highest BCUT2D eigenvalue weighted by atomic mass is 16.3. The van der Waals surface area contributed by atoms with Gasteiger partial charge in [-0.1, -0.05) is 164 Å². The largest absolute Gasteiger partial charge is 0.456 e. The highest BCUT2D eigenvalue weighted by Crippen LogP contribution is 2.63. The number of rotatable bonds is 4. The summed E-state index contributed by atoms with van der Waals surface area (Å²) < 4.78 is 6.55. The van der Waals surface area contributed by atoms with Crippen molar-refractivity contribution in [2.45, 2.75) is 5.41 Å². The lowest BCUT2D eigenvalue weighted by molar-refractivity contribution is 0.669. The SMILES string of the molecule is c1ccc(-c2cc(-c3ccccc3)nc(-c3c(-c4ccc5c(c4)C4(c6ccccc6-c6ccccc64)c4ccccc4-5)ccc4oc5ccccc5c34)n2)cc1. The smallest absolute Gasteiger partial charge is 0.161 e. The number of hydrogen-bond donors (Lipinski definition) is 0. The third-order valence-corrected chi connectivity index (χ3v) is 11.9. The van der Waals surface area contributed by atoms with E-state index in [1.807, 2.05) is 24.3 Å². The predicted octanol–water partition coefficient (Wildman–Crippen LogP) is 13.4. The molecule has 0 saturated heterocycles. The Morgan fingerprint density at radius 3 is 1.46 bits per heavy atom. The fourth-order valence-corrected chi connectivity index (χ4v) is 9.62. The molecule has 1 spiro atoms. The molecule has 2 aromatic heterocycles. The van der Waals surface area contributed by atoms with Crippen LogP contribution < -0.4 is 0 Å². The second-order valence-electron chi connectivity index (χ2n) is 14.8. The van der Waals surface area contributed by atoms with Crippen molar-refractivity contribution in [3.05, 3.63) is 216 Å². The molecule has 8 aromatic carbocycles. The average molecular weight is 713 g/mol. The molecule has 0 fully saturated rings. The first-order valence-electron chi connectivity index (χ1n) is 19.2. The van der Waals surface area contributed by atoms with Gasteiger partial charge in [0.1, 0.15) is 11.2 Å². The molecule has 0 radical (unpaired) electrons. The average Bonchev–Trinajstić information content (AvgIpc) is 3.90. The van der Waals surface area contributed by atoms with E-state index >= 15 is 0 Å². The van der Waals surface area contributed by atoms with Crippen LogP contribution in [0.2, 0.25) is 0 Å². The summed E-state index contributed by atoms with van der Waals surface area (Å²) in [6, 6.07) is 69.5. The summed E-state index contributed by atoms with van der Waals surface area (Å²) in [5, 5.41) is 2.05. The molecular formula is C53H32N2O. The maximum absolute atomic E-state index is 6.55. The first-order chi connectivity index (χ1) is 27.8. The van der Waals surface area contributed by atoms with Crippen LogP contribution in [0.5, 0.6) is 0 Å². The Balaban J connectivity index is 1.18. The van der Waals surface area contributed by atoms with E-state index in [0.717, 1.165) is 61.1 Å². The van der Waals surface area contributed by atoms with Gasteiger partial charge in [0.05, 0.1) is 16.8 Å². The molecule has 0 N–H and O–H groups in total. The van der Waals surface area contributed by atoms with Crippen molar-refractivity contribution in [3.8, 4) is 67.3 Å². The molecule has 10 aromatic rings. The summed E-state index contributed by atoms with van der Waals surface area (Å²) in [6.07, 6.45) is 0. The zero-order chi connectivity index (χ0) is 36.8. The van der Waals surface area contributed by atoms with E-state index in [4.69, 9.17) is 14.4 Å². The molecular weight excluding hydrogens is 681 g/mol. The van der Waals surface area contributed by atoms with Crippen LogP contribution in [0.4, 0.5) is 0 Å². The molecule has 2 aliphatic carbocycles. The van der Waals surface area contributed by atoms with Gasteiger partial charge in [-0.2, -0.15) is 0 Å². The number of fused-ring (bicyclic) bond motifs is 13. The second-order valence-corrected chi connectivity index (χ2v) is 14.8.